The van der Waals surface area contributed by atoms with Gasteiger partial charge in [-0.3, -0.25) is 14.4 Å². The van der Waals surface area contributed by atoms with Gasteiger partial charge in [0.25, 0.3) is 5.91 Å². The summed E-state index contributed by atoms with van der Waals surface area (Å²) in [5, 5.41) is 7.46. The molecule has 122 valence electrons. The first kappa shape index (κ1) is 16.3. The summed E-state index contributed by atoms with van der Waals surface area (Å²) >= 11 is 0. The van der Waals surface area contributed by atoms with E-state index in [1.165, 1.54) is 18.6 Å². The van der Waals surface area contributed by atoms with Crippen LogP contribution in [0.4, 0.5) is 0 Å². The second-order valence-electron chi connectivity index (χ2n) is 4.74. The fraction of sp³-hybridized carbons (Fsp3) is 0.267. The molecule has 0 saturated heterocycles. The summed E-state index contributed by atoms with van der Waals surface area (Å²) in [7, 11) is 0. The van der Waals surface area contributed by atoms with Gasteiger partial charge in [-0.05, 0) is 31.2 Å². The molecule has 0 aliphatic rings. The predicted octanol–water partition coefficient (Wildman–Crippen LogP) is 0.596. The van der Waals surface area contributed by atoms with Crippen LogP contribution >= 0.6 is 0 Å². The molecule has 3 N–H and O–H groups in total. The molecule has 2 rings (SSSR count). The van der Waals surface area contributed by atoms with Gasteiger partial charge in [0.1, 0.15) is 5.76 Å². The van der Waals surface area contributed by atoms with E-state index < -0.39 is 11.8 Å². The third-order valence-corrected chi connectivity index (χ3v) is 2.95. The van der Waals surface area contributed by atoms with Gasteiger partial charge in [0, 0.05) is 0 Å². The van der Waals surface area contributed by atoms with E-state index in [2.05, 4.69) is 16.0 Å². The van der Waals surface area contributed by atoms with Crippen LogP contribution < -0.4 is 16.0 Å². The first-order valence-corrected chi connectivity index (χ1v) is 6.97. The van der Waals surface area contributed by atoms with Crippen LogP contribution in [0.1, 0.15) is 29.3 Å². The molecule has 2 aromatic rings. The maximum absolute atomic E-state index is 11.7. The first-order valence-electron chi connectivity index (χ1n) is 6.97. The van der Waals surface area contributed by atoms with E-state index in [1.807, 2.05) is 0 Å². The minimum atomic E-state index is -0.499. The zero-order valence-electron chi connectivity index (χ0n) is 12.5. The predicted molar refractivity (Wildman–Crippen MR) is 79.3 cm³/mol. The molecular weight excluding hydrogens is 302 g/mol. The minimum absolute atomic E-state index is 0.114. The fourth-order valence-corrected chi connectivity index (χ4v) is 1.80. The highest BCUT2D eigenvalue weighted by Gasteiger charge is 2.13. The molecule has 0 fully saturated rings. The second kappa shape index (κ2) is 7.83. The van der Waals surface area contributed by atoms with Crippen LogP contribution in [0.25, 0.3) is 0 Å². The Balaban J connectivity index is 1.65. The lowest BCUT2D eigenvalue weighted by atomic mass is 10.2. The average molecular weight is 319 g/mol. The monoisotopic (exact) mass is 319 g/mol. The van der Waals surface area contributed by atoms with E-state index in [9.17, 15) is 14.4 Å². The van der Waals surface area contributed by atoms with Crippen molar-refractivity contribution < 1.29 is 23.2 Å². The van der Waals surface area contributed by atoms with Crippen molar-refractivity contribution in [2.24, 2.45) is 0 Å². The van der Waals surface area contributed by atoms with E-state index in [0.717, 1.165) is 0 Å². The normalized spacial score (nSPS) is 11.5. The van der Waals surface area contributed by atoms with Crippen LogP contribution in [-0.2, 0) is 9.59 Å². The van der Waals surface area contributed by atoms with Crippen molar-refractivity contribution in [3.8, 4) is 0 Å². The highest BCUT2D eigenvalue weighted by Crippen LogP contribution is 2.11. The zero-order valence-corrected chi connectivity index (χ0v) is 12.5. The van der Waals surface area contributed by atoms with Crippen LogP contribution in [0.3, 0.4) is 0 Å². The lowest BCUT2D eigenvalue weighted by Crippen LogP contribution is -2.42. The van der Waals surface area contributed by atoms with Crippen molar-refractivity contribution in [1.29, 1.82) is 0 Å². The number of carbonyl (C=O) groups is 3. The molecule has 0 aromatic carbocycles. The quantitative estimate of drug-likeness (QED) is 0.691. The molecule has 0 saturated carbocycles. The molecule has 2 heterocycles. The third kappa shape index (κ3) is 5.03. The number of hydrogen-bond acceptors (Lipinski definition) is 5. The highest BCUT2D eigenvalue weighted by atomic mass is 16.3. The van der Waals surface area contributed by atoms with Crippen molar-refractivity contribution in [2.45, 2.75) is 13.0 Å². The largest absolute Gasteiger partial charge is 0.467 e. The standard InChI is InChI=1S/C15H17N3O5/c1-10(11-4-2-6-22-11)18-14(20)9-16-13(19)8-17-15(21)12-5-3-7-23-12/h2-7,10H,8-9H2,1H3,(H,16,19)(H,17,21)(H,18,20)/t10-/m0/s1. The summed E-state index contributed by atoms with van der Waals surface area (Å²) in [5.74, 6) is -0.607. The van der Waals surface area contributed by atoms with Gasteiger partial charge in [-0.25, -0.2) is 0 Å². The summed E-state index contributed by atoms with van der Waals surface area (Å²) in [5.41, 5.74) is 0. The Morgan fingerprint density at radius 2 is 1.70 bits per heavy atom. The highest BCUT2D eigenvalue weighted by molar-refractivity contribution is 5.94. The Morgan fingerprint density at radius 3 is 2.35 bits per heavy atom. The van der Waals surface area contributed by atoms with Gasteiger partial charge < -0.3 is 24.8 Å². The molecule has 2 aromatic heterocycles. The molecule has 3 amide bonds. The van der Waals surface area contributed by atoms with Gasteiger partial charge in [0.05, 0.1) is 31.7 Å². The van der Waals surface area contributed by atoms with E-state index in [0.29, 0.717) is 5.76 Å². The van der Waals surface area contributed by atoms with Crippen molar-refractivity contribution in [2.75, 3.05) is 13.1 Å². The van der Waals surface area contributed by atoms with Gasteiger partial charge in [0.2, 0.25) is 11.8 Å². The van der Waals surface area contributed by atoms with E-state index in [-0.39, 0.29) is 30.8 Å². The lowest BCUT2D eigenvalue weighted by Gasteiger charge is -2.12. The summed E-state index contributed by atoms with van der Waals surface area (Å²) in [6.07, 6.45) is 2.88. The topological polar surface area (TPSA) is 114 Å². The second-order valence-corrected chi connectivity index (χ2v) is 4.74. The van der Waals surface area contributed by atoms with Gasteiger partial charge in [-0.2, -0.15) is 0 Å². The summed E-state index contributed by atoms with van der Waals surface area (Å²) in [4.78, 5) is 34.8. The molecular formula is C15H17N3O5. The van der Waals surface area contributed by atoms with Gasteiger partial charge in [-0.1, -0.05) is 0 Å². The van der Waals surface area contributed by atoms with Crippen LogP contribution in [0.15, 0.2) is 45.6 Å². The van der Waals surface area contributed by atoms with Crippen molar-refractivity contribution in [3.05, 3.63) is 48.3 Å². The van der Waals surface area contributed by atoms with E-state index >= 15 is 0 Å². The van der Waals surface area contributed by atoms with Crippen molar-refractivity contribution in [3.63, 3.8) is 0 Å². The van der Waals surface area contributed by atoms with Crippen LogP contribution in [0.5, 0.6) is 0 Å². The number of furan rings is 2. The van der Waals surface area contributed by atoms with E-state index in [4.69, 9.17) is 8.83 Å². The average Bonchev–Trinajstić information content (AvgIpc) is 3.23. The lowest BCUT2D eigenvalue weighted by molar-refractivity contribution is -0.126. The van der Waals surface area contributed by atoms with Crippen LogP contribution in [-0.4, -0.2) is 30.8 Å². The summed E-state index contributed by atoms with van der Waals surface area (Å²) in [6, 6.07) is 6.22. The molecule has 0 radical (unpaired) electrons. The number of rotatable bonds is 7. The SMILES string of the molecule is C[C@H](NC(=O)CNC(=O)CNC(=O)c1ccco1)c1ccco1. The molecule has 0 aliphatic heterocycles. The number of carbonyl (C=O) groups excluding carboxylic acids is 3. The van der Waals surface area contributed by atoms with Crippen LogP contribution in [0.2, 0.25) is 0 Å². The summed E-state index contributed by atoms with van der Waals surface area (Å²) < 4.78 is 10.1. The molecule has 0 spiro atoms. The Hall–Kier alpha value is -3.03. The van der Waals surface area contributed by atoms with Gasteiger partial charge >= 0.3 is 0 Å². The third-order valence-electron chi connectivity index (χ3n) is 2.95. The minimum Gasteiger partial charge on any atom is -0.467 e. The number of hydrogen-bond donors (Lipinski definition) is 3. The van der Waals surface area contributed by atoms with Crippen molar-refractivity contribution >= 4 is 17.7 Å². The Bertz CT molecular complexity index is 649. The van der Waals surface area contributed by atoms with Crippen molar-refractivity contribution in [1.82, 2.24) is 16.0 Å². The Kier molecular flexibility index (Phi) is 5.56. The molecule has 8 nitrogen and oxygen atoms in total. The molecule has 8 heteroatoms. The smallest absolute Gasteiger partial charge is 0.287 e. The molecule has 23 heavy (non-hydrogen) atoms. The number of nitrogens with one attached hydrogen (secondary N) is 3. The van der Waals surface area contributed by atoms with Gasteiger partial charge in [-0.15, -0.1) is 0 Å². The molecule has 1 atom stereocenters. The number of amides is 3. The van der Waals surface area contributed by atoms with Crippen LogP contribution in [0, 0.1) is 0 Å². The maximum Gasteiger partial charge on any atom is 0.287 e. The maximum atomic E-state index is 11.7. The molecule has 0 bridgehead atoms. The first-order chi connectivity index (χ1) is 11.1. The summed E-state index contributed by atoms with van der Waals surface area (Å²) in [6.45, 7) is 1.32. The fourth-order valence-electron chi connectivity index (χ4n) is 1.80. The van der Waals surface area contributed by atoms with Gasteiger partial charge in [0.15, 0.2) is 5.76 Å². The Morgan fingerprint density at radius 1 is 1.00 bits per heavy atom. The molecule has 0 aliphatic carbocycles. The zero-order chi connectivity index (χ0) is 16.7. The molecule has 0 unspecified atom stereocenters. The Labute approximate surface area is 132 Å². The van der Waals surface area contributed by atoms with E-state index in [1.54, 1.807) is 25.1 Å².